The highest BCUT2D eigenvalue weighted by Gasteiger charge is 2.45. The van der Waals surface area contributed by atoms with Crippen molar-refractivity contribution < 1.29 is 4.74 Å². The summed E-state index contributed by atoms with van der Waals surface area (Å²) >= 11 is 0. The number of nitrogens with two attached hydrogens (primary N) is 1. The second kappa shape index (κ2) is 4.10. The van der Waals surface area contributed by atoms with Crippen molar-refractivity contribution in [2.45, 2.75) is 31.8 Å². The number of hydrogen-bond acceptors (Lipinski definition) is 3. The van der Waals surface area contributed by atoms with Crippen LogP contribution in [0.3, 0.4) is 0 Å². The van der Waals surface area contributed by atoms with Crippen LogP contribution in [0, 0.1) is 10.8 Å². The average Bonchev–Trinajstić information content (AvgIpc) is 2.76. The minimum Gasteiger partial charge on any atom is -0.388 e. The molecule has 0 amide bonds. The highest BCUT2D eigenvalue weighted by Crippen LogP contribution is 2.49. The molecule has 0 aromatic rings. The molecule has 1 heterocycles. The highest BCUT2D eigenvalue weighted by molar-refractivity contribution is 5.78. The van der Waals surface area contributed by atoms with Crippen molar-refractivity contribution in [3.63, 3.8) is 0 Å². The normalized spacial score (nSPS) is 29.3. The standard InChI is InChI=1S/C11H21N3O/c1-15-9-2-5-14(7-9)8-11(3-4-11)6-10(12)13/h9H,2-8H2,1H3,(H3,12,13). The second-order valence-corrected chi connectivity index (χ2v) is 5.08. The first-order chi connectivity index (χ1) is 7.13. The fourth-order valence-corrected chi connectivity index (χ4v) is 2.58. The van der Waals surface area contributed by atoms with Crippen LogP contribution in [0.1, 0.15) is 25.7 Å². The number of methoxy groups -OCH3 is 1. The lowest BCUT2D eigenvalue weighted by atomic mass is 10.0. The summed E-state index contributed by atoms with van der Waals surface area (Å²) in [5, 5.41) is 7.37. The van der Waals surface area contributed by atoms with Crippen LogP contribution >= 0.6 is 0 Å². The zero-order valence-electron chi connectivity index (χ0n) is 9.46. The van der Waals surface area contributed by atoms with Crippen molar-refractivity contribution in [2.75, 3.05) is 26.7 Å². The van der Waals surface area contributed by atoms with Crippen LogP contribution in [0.15, 0.2) is 0 Å². The van der Waals surface area contributed by atoms with E-state index in [9.17, 15) is 0 Å². The molecule has 86 valence electrons. The number of nitrogens with one attached hydrogen (secondary N) is 1. The Morgan fingerprint density at radius 2 is 2.33 bits per heavy atom. The van der Waals surface area contributed by atoms with Gasteiger partial charge in [0.2, 0.25) is 0 Å². The van der Waals surface area contributed by atoms with Crippen LogP contribution in [0.25, 0.3) is 0 Å². The summed E-state index contributed by atoms with van der Waals surface area (Å²) in [7, 11) is 1.79. The highest BCUT2D eigenvalue weighted by atomic mass is 16.5. The number of nitrogens with zero attached hydrogens (tertiary/aromatic N) is 1. The van der Waals surface area contributed by atoms with Gasteiger partial charge < -0.3 is 15.4 Å². The van der Waals surface area contributed by atoms with Crippen LogP contribution < -0.4 is 5.73 Å². The molecule has 2 fully saturated rings. The third kappa shape index (κ3) is 2.69. The van der Waals surface area contributed by atoms with Gasteiger partial charge in [-0.15, -0.1) is 0 Å². The fraction of sp³-hybridized carbons (Fsp3) is 0.909. The number of amidine groups is 1. The predicted molar refractivity (Wildman–Crippen MR) is 60.1 cm³/mol. The molecule has 0 spiro atoms. The molecule has 1 atom stereocenters. The summed E-state index contributed by atoms with van der Waals surface area (Å²) in [5.74, 6) is 0.343. The topological polar surface area (TPSA) is 62.3 Å². The molecule has 2 rings (SSSR count). The smallest absolute Gasteiger partial charge is 0.0911 e. The van der Waals surface area contributed by atoms with E-state index >= 15 is 0 Å². The predicted octanol–water partition coefficient (Wildman–Crippen LogP) is 0.813. The van der Waals surface area contributed by atoms with Crippen LogP contribution in [0.4, 0.5) is 0 Å². The minimum absolute atomic E-state index is 0.342. The summed E-state index contributed by atoms with van der Waals surface area (Å²) in [5.41, 5.74) is 5.83. The van der Waals surface area contributed by atoms with E-state index in [0.29, 0.717) is 17.4 Å². The zero-order chi connectivity index (χ0) is 10.9. The maximum Gasteiger partial charge on any atom is 0.0911 e. The van der Waals surface area contributed by atoms with Gasteiger partial charge in [-0.1, -0.05) is 0 Å². The number of hydrogen-bond donors (Lipinski definition) is 2. The molecule has 15 heavy (non-hydrogen) atoms. The Labute approximate surface area is 91.3 Å². The molecule has 4 heteroatoms. The fourth-order valence-electron chi connectivity index (χ4n) is 2.58. The Morgan fingerprint density at radius 3 is 2.80 bits per heavy atom. The first-order valence-electron chi connectivity index (χ1n) is 5.72. The first-order valence-corrected chi connectivity index (χ1v) is 5.72. The lowest BCUT2D eigenvalue weighted by molar-refractivity contribution is 0.105. The molecule has 0 bridgehead atoms. The third-order valence-electron chi connectivity index (χ3n) is 3.64. The van der Waals surface area contributed by atoms with Crippen molar-refractivity contribution in [3.05, 3.63) is 0 Å². The van der Waals surface area contributed by atoms with Gasteiger partial charge in [-0.3, -0.25) is 5.41 Å². The number of ether oxygens (including phenoxy) is 1. The van der Waals surface area contributed by atoms with E-state index in [2.05, 4.69) is 4.90 Å². The van der Waals surface area contributed by atoms with Crippen LogP contribution in [0.2, 0.25) is 0 Å². The van der Waals surface area contributed by atoms with Crippen LogP contribution in [0.5, 0.6) is 0 Å². The Balaban J connectivity index is 1.80. The number of likely N-dealkylation sites (tertiary alicyclic amines) is 1. The monoisotopic (exact) mass is 211 g/mol. The van der Waals surface area contributed by atoms with Crippen molar-refractivity contribution >= 4 is 5.84 Å². The Bertz CT molecular complexity index is 250. The van der Waals surface area contributed by atoms with Gasteiger partial charge in [-0.2, -0.15) is 0 Å². The zero-order valence-corrected chi connectivity index (χ0v) is 9.46. The maximum atomic E-state index is 7.37. The third-order valence-corrected chi connectivity index (χ3v) is 3.64. The van der Waals surface area contributed by atoms with Gasteiger partial charge in [-0.05, 0) is 24.7 Å². The van der Waals surface area contributed by atoms with E-state index in [-0.39, 0.29) is 0 Å². The Morgan fingerprint density at radius 1 is 1.60 bits per heavy atom. The molecule has 1 unspecified atom stereocenters. The molecule has 0 aromatic carbocycles. The van der Waals surface area contributed by atoms with E-state index < -0.39 is 0 Å². The Hall–Kier alpha value is -0.610. The quantitative estimate of drug-likeness (QED) is 0.522. The molecule has 1 aliphatic carbocycles. The lowest BCUT2D eigenvalue weighted by Gasteiger charge is -2.22. The van der Waals surface area contributed by atoms with Crippen molar-refractivity contribution in [1.82, 2.24) is 4.90 Å². The van der Waals surface area contributed by atoms with Gasteiger partial charge >= 0.3 is 0 Å². The van der Waals surface area contributed by atoms with Gasteiger partial charge in [0.15, 0.2) is 0 Å². The molecule has 0 radical (unpaired) electrons. The van der Waals surface area contributed by atoms with Crippen LogP contribution in [-0.4, -0.2) is 43.6 Å². The molecule has 1 saturated heterocycles. The summed E-state index contributed by atoms with van der Waals surface area (Å²) in [6, 6.07) is 0. The van der Waals surface area contributed by atoms with E-state index in [0.717, 1.165) is 32.5 Å². The molecular formula is C11H21N3O. The summed E-state index contributed by atoms with van der Waals surface area (Å²) in [4.78, 5) is 2.46. The maximum absolute atomic E-state index is 7.37. The summed E-state index contributed by atoms with van der Waals surface area (Å²) in [6.07, 6.45) is 4.81. The molecule has 4 nitrogen and oxygen atoms in total. The molecular weight excluding hydrogens is 190 g/mol. The second-order valence-electron chi connectivity index (χ2n) is 5.08. The molecule has 2 aliphatic rings. The summed E-state index contributed by atoms with van der Waals surface area (Å²) < 4.78 is 5.35. The average molecular weight is 211 g/mol. The Kier molecular flexibility index (Phi) is 2.98. The molecule has 0 aromatic heterocycles. The van der Waals surface area contributed by atoms with Gasteiger partial charge in [0.25, 0.3) is 0 Å². The van der Waals surface area contributed by atoms with E-state index in [1.165, 1.54) is 12.8 Å². The number of rotatable bonds is 5. The van der Waals surface area contributed by atoms with Crippen molar-refractivity contribution in [1.29, 1.82) is 5.41 Å². The van der Waals surface area contributed by atoms with E-state index in [1.807, 2.05) is 0 Å². The first kappa shape index (κ1) is 10.9. The van der Waals surface area contributed by atoms with Crippen molar-refractivity contribution in [2.24, 2.45) is 11.1 Å². The van der Waals surface area contributed by atoms with Gasteiger partial charge in [0.1, 0.15) is 0 Å². The van der Waals surface area contributed by atoms with Crippen molar-refractivity contribution in [3.8, 4) is 0 Å². The van der Waals surface area contributed by atoms with E-state index in [4.69, 9.17) is 15.9 Å². The SMILES string of the molecule is COC1CCN(CC2(CC(=N)N)CC2)C1. The molecule has 1 saturated carbocycles. The largest absolute Gasteiger partial charge is 0.388 e. The van der Waals surface area contributed by atoms with Gasteiger partial charge in [0.05, 0.1) is 11.9 Å². The van der Waals surface area contributed by atoms with Gasteiger partial charge in [-0.25, -0.2) is 0 Å². The van der Waals surface area contributed by atoms with E-state index in [1.54, 1.807) is 7.11 Å². The summed E-state index contributed by atoms with van der Waals surface area (Å²) in [6.45, 7) is 3.29. The minimum atomic E-state index is 0.342. The molecule has 1 aliphatic heterocycles. The van der Waals surface area contributed by atoms with Gasteiger partial charge in [0, 0.05) is 33.2 Å². The lowest BCUT2D eigenvalue weighted by Crippen LogP contribution is -2.32. The molecule has 3 N–H and O–H groups in total. The van der Waals surface area contributed by atoms with Crippen LogP contribution in [-0.2, 0) is 4.74 Å².